The molecule has 82 valence electrons. The highest BCUT2D eigenvalue weighted by Gasteiger charge is 2.21. The molecule has 6 heteroatoms. The first-order chi connectivity index (χ1) is 6.97. The Morgan fingerprint density at radius 1 is 1.67 bits per heavy atom. The summed E-state index contributed by atoms with van der Waals surface area (Å²) in [5.74, 6) is -0.874. The van der Waals surface area contributed by atoms with Gasteiger partial charge in [-0.05, 0) is 19.1 Å². The molecule has 0 spiro atoms. The predicted molar refractivity (Wildman–Crippen MR) is 54.2 cm³/mol. The second-order valence-electron chi connectivity index (χ2n) is 2.94. The first-order valence-corrected chi connectivity index (χ1v) is 5.71. The number of halogens is 1. The quantitative estimate of drug-likeness (QED) is 0.787. The SMILES string of the molecule is C=CC(C)NS(=O)(=O)c1ncccc1F. The summed E-state index contributed by atoms with van der Waals surface area (Å²) in [4.78, 5) is 3.48. The van der Waals surface area contributed by atoms with Crippen LogP contribution in [0.3, 0.4) is 0 Å². The molecule has 0 aliphatic carbocycles. The van der Waals surface area contributed by atoms with Crippen LogP contribution in [0.2, 0.25) is 0 Å². The molecule has 1 N–H and O–H groups in total. The van der Waals surface area contributed by atoms with Crippen LogP contribution in [0.1, 0.15) is 6.92 Å². The van der Waals surface area contributed by atoms with Crippen LogP contribution >= 0.6 is 0 Å². The zero-order valence-corrected chi connectivity index (χ0v) is 8.96. The average Bonchev–Trinajstić information content (AvgIpc) is 2.17. The van der Waals surface area contributed by atoms with Gasteiger partial charge in [0, 0.05) is 12.2 Å². The molecular formula is C9H11FN2O2S. The Morgan fingerprint density at radius 3 is 2.87 bits per heavy atom. The van der Waals surface area contributed by atoms with E-state index in [1.807, 2.05) is 0 Å². The monoisotopic (exact) mass is 230 g/mol. The predicted octanol–water partition coefficient (Wildman–Crippen LogP) is 1.07. The molecule has 0 saturated heterocycles. The molecular weight excluding hydrogens is 219 g/mol. The Labute approximate surface area is 87.9 Å². The molecule has 0 fully saturated rings. The van der Waals surface area contributed by atoms with Crippen molar-refractivity contribution in [3.8, 4) is 0 Å². The molecule has 1 aromatic heterocycles. The van der Waals surface area contributed by atoms with E-state index in [2.05, 4.69) is 16.3 Å². The number of sulfonamides is 1. The summed E-state index contributed by atoms with van der Waals surface area (Å²) in [6.45, 7) is 5.01. The van der Waals surface area contributed by atoms with E-state index in [1.165, 1.54) is 18.3 Å². The Kier molecular flexibility index (Phi) is 3.54. The van der Waals surface area contributed by atoms with Crippen molar-refractivity contribution in [2.45, 2.75) is 18.0 Å². The van der Waals surface area contributed by atoms with Crippen LogP contribution in [0.25, 0.3) is 0 Å². The Balaban J connectivity index is 3.07. The third-order valence-corrected chi connectivity index (χ3v) is 3.17. The molecule has 1 rings (SSSR count). The molecule has 0 radical (unpaired) electrons. The zero-order valence-electron chi connectivity index (χ0n) is 8.14. The van der Waals surface area contributed by atoms with Gasteiger partial charge in [-0.3, -0.25) is 0 Å². The lowest BCUT2D eigenvalue weighted by atomic mass is 10.4. The molecule has 4 nitrogen and oxygen atoms in total. The molecule has 1 aromatic rings. The molecule has 15 heavy (non-hydrogen) atoms. The van der Waals surface area contributed by atoms with Crippen LogP contribution in [0.4, 0.5) is 4.39 Å². The lowest BCUT2D eigenvalue weighted by molar-refractivity contribution is 0.541. The van der Waals surface area contributed by atoms with Gasteiger partial charge in [0.2, 0.25) is 5.03 Å². The van der Waals surface area contributed by atoms with E-state index in [0.717, 1.165) is 6.07 Å². The van der Waals surface area contributed by atoms with Gasteiger partial charge in [-0.1, -0.05) is 6.08 Å². The minimum absolute atomic E-state index is 0.476. The molecule has 1 unspecified atom stereocenters. The molecule has 1 atom stereocenters. The zero-order chi connectivity index (χ0) is 11.5. The number of pyridine rings is 1. The van der Waals surface area contributed by atoms with Crippen LogP contribution in [0, 0.1) is 5.82 Å². The van der Waals surface area contributed by atoms with Crippen LogP contribution in [0.15, 0.2) is 36.0 Å². The Hall–Kier alpha value is -1.27. The minimum Gasteiger partial charge on any atom is -0.241 e. The summed E-state index contributed by atoms with van der Waals surface area (Å²) in [6.07, 6.45) is 2.62. The maximum absolute atomic E-state index is 13.1. The Morgan fingerprint density at radius 2 is 2.33 bits per heavy atom. The number of aromatic nitrogens is 1. The summed E-state index contributed by atoms with van der Waals surface area (Å²) in [5.41, 5.74) is 0. The van der Waals surface area contributed by atoms with Gasteiger partial charge in [0.05, 0.1) is 0 Å². The van der Waals surface area contributed by atoms with Gasteiger partial charge in [-0.2, -0.15) is 0 Å². The second-order valence-corrected chi connectivity index (χ2v) is 4.57. The lowest BCUT2D eigenvalue weighted by Gasteiger charge is -2.09. The number of nitrogens with zero attached hydrogens (tertiary/aromatic N) is 1. The van der Waals surface area contributed by atoms with Crippen LogP contribution < -0.4 is 4.72 Å². The van der Waals surface area contributed by atoms with E-state index in [0.29, 0.717) is 0 Å². The average molecular weight is 230 g/mol. The fourth-order valence-electron chi connectivity index (χ4n) is 0.918. The van der Waals surface area contributed by atoms with Crippen molar-refractivity contribution in [1.29, 1.82) is 0 Å². The van der Waals surface area contributed by atoms with Crippen molar-refractivity contribution >= 4 is 10.0 Å². The third kappa shape index (κ3) is 2.84. The largest absolute Gasteiger partial charge is 0.261 e. The lowest BCUT2D eigenvalue weighted by Crippen LogP contribution is -2.32. The summed E-state index contributed by atoms with van der Waals surface area (Å²) < 4.78 is 38.5. The molecule has 0 aromatic carbocycles. The number of nitrogens with one attached hydrogen (secondary N) is 1. The van der Waals surface area contributed by atoms with E-state index in [9.17, 15) is 12.8 Å². The molecule has 0 saturated carbocycles. The van der Waals surface area contributed by atoms with Crippen molar-refractivity contribution < 1.29 is 12.8 Å². The molecule has 0 bridgehead atoms. The highest BCUT2D eigenvalue weighted by Crippen LogP contribution is 2.10. The van der Waals surface area contributed by atoms with Gasteiger partial charge in [-0.25, -0.2) is 22.5 Å². The first-order valence-electron chi connectivity index (χ1n) is 4.23. The van der Waals surface area contributed by atoms with Gasteiger partial charge >= 0.3 is 0 Å². The van der Waals surface area contributed by atoms with Crippen LogP contribution in [-0.4, -0.2) is 19.4 Å². The van der Waals surface area contributed by atoms with Crippen molar-refractivity contribution in [2.75, 3.05) is 0 Å². The molecule has 0 aliphatic heterocycles. The van der Waals surface area contributed by atoms with Gasteiger partial charge in [-0.15, -0.1) is 6.58 Å². The van der Waals surface area contributed by atoms with E-state index >= 15 is 0 Å². The van der Waals surface area contributed by atoms with Crippen LogP contribution in [-0.2, 0) is 10.0 Å². The van der Waals surface area contributed by atoms with Gasteiger partial charge < -0.3 is 0 Å². The highest BCUT2D eigenvalue weighted by atomic mass is 32.2. The van der Waals surface area contributed by atoms with Gasteiger partial charge in [0.25, 0.3) is 10.0 Å². The number of hydrogen-bond acceptors (Lipinski definition) is 3. The standard InChI is InChI=1S/C9H11FN2O2S/c1-3-7(2)12-15(13,14)9-8(10)5-4-6-11-9/h3-7,12H,1H2,2H3. The highest BCUT2D eigenvalue weighted by molar-refractivity contribution is 7.89. The molecule has 0 amide bonds. The minimum atomic E-state index is -3.91. The van der Waals surface area contributed by atoms with Crippen molar-refractivity contribution in [3.63, 3.8) is 0 Å². The van der Waals surface area contributed by atoms with Crippen molar-refractivity contribution in [1.82, 2.24) is 9.71 Å². The summed E-state index contributed by atoms with van der Waals surface area (Å²) in [7, 11) is -3.91. The van der Waals surface area contributed by atoms with E-state index in [-0.39, 0.29) is 0 Å². The van der Waals surface area contributed by atoms with Gasteiger partial charge in [0.15, 0.2) is 5.82 Å². The number of hydrogen-bond donors (Lipinski definition) is 1. The smallest absolute Gasteiger partial charge is 0.241 e. The number of rotatable bonds is 4. The normalized spacial score (nSPS) is 13.5. The molecule has 0 aliphatic rings. The second kappa shape index (κ2) is 4.50. The summed E-state index contributed by atoms with van der Waals surface area (Å²) >= 11 is 0. The summed E-state index contributed by atoms with van der Waals surface area (Å²) in [6, 6.07) is 1.89. The molecule has 1 heterocycles. The van der Waals surface area contributed by atoms with Gasteiger partial charge in [0.1, 0.15) is 0 Å². The fraction of sp³-hybridized carbons (Fsp3) is 0.222. The van der Waals surface area contributed by atoms with E-state index < -0.39 is 26.9 Å². The van der Waals surface area contributed by atoms with E-state index in [4.69, 9.17) is 0 Å². The first kappa shape index (κ1) is 11.8. The van der Waals surface area contributed by atoms with Crippen LogP contribution in [0.5, 0.6) is 0 Å². The van der Waals surface area contributed by atoms with Crippen molar-refractivity contribution in [2.24, 2.45) is 0 Å². The topological polar surface area (TPSA) is 59.1 Å². The van der Waals surface area contributed by atoms with E-state index in [1.54, 1.807) is 6.92 Å². The summed E-state index contributed by atoms with van der Waals surface area (Å²) in [5, 5.41) is -0.598. The maximum Gasteiger partial charge on any atom is 0.261 e. The maximum atomic E-state index is 13.1. The third-order valence-electron chi connectivity index (χ3n) is 1.67. The Bertz CT molecular complexity index is 459. The van der Waals surface area contributed by atoms with Crippen molar-refractivity contribution in [3.05, 3.63) is 36.8 Å². The fourth-order valence-corrected chi connectivity index (χ4v) is 2.14.